The van der Waals surface area contributed by atoms with E-state index in [9.17, 15) is 28.8 Å². The van der Waals surface area contributed by atoms with Crippen LogP contribution in [-0.2, 0) is 43.0 Å². The average Bonchev–Trinajstić information content (AvgIpc) is 3.07. The second kappa shape index (κ2) is 34.8. The van der Waals surface area contributed by atoms with Crippen LogP contribution in [0.25, 0.3) is 0 Å². The van der Waals surface area contributed by atoms with Gasteiger partial charge in [-0.2, -0.15) is 0 Å². The summed E-state index contributed by atoms with van der Waals surface area (Å²) in [4.78, 5) is 67.6. The molecule has 3 amide bonds. The molecular weight excluding hydrogens is 638 g/mol. The molecule has 14 nitrogen and oxygen atoms in total. The van der Waals surface area contributed by atoms with E-state index in [1.54, 1.807) is 0 Å². The molecule has 49 heavy (non-hydrogen) atoms. The SMILES string of the molecule is O=C[C@H](CCC(=O)O)NC(=O)CCC(=O)NCCCOCCOCCOCCCNC(=O)CCCCCCCCCCCCCCC(=O)O. The Balaban J connectivity index is 3.36. The summed E-state index contributed by atoms with van der Waals surface area (Å²) in [5, 5.41) is 25.3. The standard InChI is InChI=1S/C35H63N3O11/c39-29-30(17-20-35(45)46)38-33(42)19-18-32(41)37-22-14-24-48-26-28-49-27-25-47-23-13-21-36-31(40)15-11-9-7-5-3-1-2-4-6-8-10-12-16-34(43)44/h29-30H,1-28H2,(H,36,40)(H,37,41)(H,38,42)(H,43,44)(H,45,46)/t30-/m0/s1. The Hall–Kier alpha value is -3.10. The first-order chi connectivity index (χ1) is 23.7. The van der Waals surface area contributed by atoms with Gasteiger partial charge in [0.05, 0.1) is 32.5 Å². The molecule has 0 aromatic rings. The molecule has 0 saturated carbocycles. The van der Waals surface area contributed by atoms with E-state index < -0.39 is 23.9 Å². The van der Waals surface area contributed by atoms with Crippen LogP contribution in [0.1, 0.15) is 128 Å². The third-order valence-corrected chi connectivity index (χ3v) is 7.62. The predicted octanol–water partition coefficient (Wildman–Crippen LogP) is 3.92. The van der Waals surface area contributed by atoms with Crippen LogP contribution in [0.15, 0.2) is 0 Å². The Morgan fingerprint density at radius 1 is 0.469 bits per heavy atom. The largest absolute Gasteiger partial charge is 0.481 e. The quantitative estimate of drug-likeness (QED) is 0.0463. The summed E-state index contributed by atoms with van der Waals surface area (Å²) in [5.74, 6) is -2.44. The van der Waals surface area contributed by atoms with Crippen LogP contribution in [0.3, 0.4) is 0 Å². The van der Waals surface area contributed by atoms with E-state index in [1.165, 1.54) is 44.9 Å². The van der Waals surface area contributed by atoms with Crippen LogP contribution in [0.5, 0.6) is 0 Å². The Morgan fingerprint density at radius 2 is 0.857 bits per heavy atom. The maximum atomic E-state index is 12.0. The lowest BCUT2D eigenvalue weighted by atomic mass is 10.0. The minimum atomic E-state index is -1.05. The van der Waals surface area contributed by atoms with Crippen molar-refractivity contribution in [2.75, 3.05) is 52.7 Å². The Labute approximate surface area is 292 Å². The number of aliphatic carboxylic acids is 2. The van der Waals surface area contributed by atoms with Gasteiger partial charge in [-0.25, -0.2) is 0 Å². The highest BCUT2D eigenvalue weighted by atomic mass is 16.5. The van der Waals surface area contributed by atoms with Crippen LogP contribution in [0.4, 0.5) is 0 Å². The second-order valence-electron chi connectivity index (χ2n) is 12.1. The normalized spacial score (nSPS) is 11.5. The average molecular weight is 702 g/mol. The summed E-state index contributed by atoms with van der Waals surface area (Å²) in [5.41, 5.74) is 0. The van der Waals surface area contributed by atoms with E-state index >= 15 is 0 Å². The smallest absolute Gasteiger partial charge is 0.303 e. The van der Waals surface area contributed by atoms with Crippen molar-refractivity contribution in [1.82, 2.24) is 16.0 Å². The molecule has 0 aromatic carbocycles. The number of carboxylic acids is 2. The molecular formula is C35H63N3O11. The van der Waals surface area contributed by atoms with Gasteiger partial charge in [0.1, 0.15) is 6.29 Å². The van der Waals surface area contributed by atoms with Crippen molar-refractivity contribution in [3.8, 4) is 0 Å². The fourth-order valence-corrected chi connectivity index (χ4v) is 4.81. The summed E-state index contributed by atoms with van der Waals surface area (Å²) in [6.45, 7) is 3.74. The topological polar surface area (TPSA) is 207 Å². The maximum absolute atomic E-state index is 12.0. The number of carbonyl (C=O) groups is 6. The van der Waals surface area contributed by atoms with Crippen LogP contribution in [0, 0.1) is 0 Å². The number of nitrogens with one attached hydrogen (secondary N) is 3. The minimum absolute atomic E-state index is 0.00478. The number of aldehydes is 1. The second-order valence-corrected chi connectivity index (χ2v) is 12.1. The monoisotopic (exact) mass is 701 g/mol. The zero-order chi connectivity index (χ0) is 36.2. The third kappa shape index (κ3) is 36.0. The molecule has 5 N–H and O–H groups in total. The molecule has 0 aliphatic rings. The molecule has 1 atom stereocenters. The molecule has 0 aliphatic carbocycles. The van der Waals surface area contributed by atoms with Crippen molar-refractivity contribution >= 4 is 35.9 Å². The highest BCUT2D eigenvalue weighted by Gasteiger charge is 2.14. The zero-order valence-electron chi connectivity index (χ0n) is 29.5. The molecule has 0 unspecified atom stereocenters. The van der Waals surface area contributed by atoms with Gasteiger partial charge in [0.25, 0.3) is 0 Å². The van der Waals surface area contributed by atoms with Gasteiger partial charge in [-0.05, 0) is 32.1 Å². The van der Waals surface area contributed by atoms with E-state index in [0.29, 0.717) is 71.9 Å². The van der Waals surface area contributed by atoms with Crippen molar-refractivity contribution in [2.45, 2.75) is 134 Å². The fourth-order valence-electron chi connectivity index (χ4n) is 4.81. The molecule has 284 valence electrons. The summed E-state index contributed by atoms with van der Waals surface area (Å²) >= 11 is 0. The molecule has 0 heterocycles. The zero-order valence-corrected chi connectivity index (χ0v) is 29.5. The molecule has 0 aliphatic heterocycles. The van der Waals surface area contributed by atoms with E-state index in [0.717, 1.165) is 38.5 Å². The van der Waals surface area contributed by atoms with Crippen LogP contribution in [-0.4, -0.2) is 105 Å². The number of rotatable bonds is 37. The van der Waals surface area contributed by atoms with Crippen LogP contribution < -0.4 is 16.0 Å². The number of ether oxygens (including phenoxy) is 3. The van der Waals surface area contributed by atoms with Crippen molar-refractivity contribution in [1.29, 1.82) is 0 Å². The first-order valence-corrected chi connectivity index (χ1v) is 18.2. The number of unbranched alkanes of at least 4 members (excludes halogenated alkanes) is 11. The van der Waals surface area contributed by atoms with Crippen molar-refractivity contribution in [3.63, 3.8) is 0 Å². The van der Waals surface area contributed by atoms with Gasteiger partial charge in [-0.1, -0.05) is 64.2 Å². The van der Waals surface area contributed by atoms with Crippen molar-refractivity contribution < 1.29 is 53.2 Å². The number of hydrogen-bond donors (Lipinski definition) is 5. The molecule has 0 spiro atoms. The van der Waals surface area contributed by atoms with Gasteiger partial charge in [0.2, 0.25) is 17.7 Å². The van der Waals surface area contributed by atoms with E-state index in [2.05, 4.69) is 16.0 Å². The van der Waals surface area contributed by atoms with E-state index in [4.69, 9.17) is 24.4 Å². The fraction of sp³-hybridized carbons (Fsp3) is 0.829. The third-order valence-electron chi connectivity index (χ3n) is 7.62. The van der Waals surface area contributed by atoms with Gasteiger partial charge in [-0.15, -0.1) is 0 Å². The molecule has 0 aromatic heterocycles. The summed E-state index contributed by atoms with van der Waals surface area (Å²) < 4.78 is 16.5. The van der Waals surface area contributed by atoms with Gasteiger partial charge in [0, 0.05) is 58.4 Å². The highest BCUT2D eigenvalue weighted by Crippen LogP contribution is 2.13. The predicted molar refractivity (Wildman–Crippen MR) is 184 cm³/mol. The first-order valence-electron chi connectivity index (χ1n) is 18.2. The summed E-state index contributed by atoms with van der Waals surface area (Å²) in [6.07, 6.45) is 15.8. The number of amides is 3. The van der Waals surface area contributed by atoms with Crippen LogP contribution in [0.2, 0.25) is 0 Å². The molecule has 0 radical (unpaired) electrons. The van der Waals surface area contributed by atoms with E-state index in [1.807, 2.05) is 0 Å². The lowest BCUT2D eigenvalue weighted by molar-refractivity contribution is -0.138. The van der Waals surface area contributed by atoms with Crippen molar-refractivity contribution in [2.24, 2.45) is 0 Å². The maximum Gasteiger partial charge on any atom is 0.303 e. The molecule has 0 saturated heterocycles. The molecule has 0 rings (SSSR count). The lowest BCUT2D eigenvalue weighted by Crippen LogP contribution is -2.37. The molecule has 0 fully saturated rings. The van der Waals surface area contributed by atoms with Crippen LogP contribution >= 0.6 is 0 Å². The summed E-state index contributed by atoms with van der Waals surface area (Å²) in [7, 11) is 0. The minimum Gasteiger partial charge on any atom is -0.481 e. The lowest BCUT2D eigenvalue weighted by Gasteiger charge is -2.11. The Bertz CT molecular complexity index is 889. The number of carboxylic acid groups (broad SMARTS) is 2. The Morgan fingerprint density at radius 3 is 1.31 bits per heavy atom. The molecule has 14 heteroatoms. The van der Waals surface area contributed by atoms with Gasteiger partial charge in [-0.3, -0.25) is 24.0 Å². The van der Waals surface area contributed by atoms with E-state index in [-0.39, 0.29) is 43.9 Å². The van der Waals surface area contributed by atoms with Crippen molar-refractivity contribution in [3.05, 3.63) is 0 Å². The highest BCUT2D eigenvalue weighted by molar-refractivity contribution is 5.85. The summed E-state index contributed by atoms with van der Waals surface area (Å²) in [6, 6.07) is -0.878. The first kappa shape index (κ1) is 45.9. The Kier molecular flexibility index (Phi) is 32.6. The number of carbonyl (C=O) groups excluding carboxylic acids is 4. The van der Waals surface area contributed by atoms with Gasteiger partial charge >= 0.3 is 11.9 Å². The van der Waals surface area contributed by atoms with Gasteiger partial charge < -0.3 is 45.2 Å². The van der Waals surface area contributed by atoms with Gasteiger partial charge in [0.15, 0.2) is 0 Å². The molecule has 0 bridgehead atoms. The number of hydrogen-bond acceptors (Lipinski definition) is 9.